The van der Waals surface area contributed by atoms with Crippen LogP contribution in [0.4, 0.5) is 0 Å². The summed E-state index contributed by atoms with van der Waals surface area (Å²) >= 11 is 1.71. The lowest BCUT2D eigenvalue weighted by atomic mass is 10.1. The van der Waals surface area contributed by atoms with E-state index in [1.54, 1.807) is 23.9 Å². The third-order valence-corrected chi connectivity index (χ3v) is 5.39. The van der Waals surface area contributed by atoms with Gasteiger partial charge in [0, 0.05) is 16.5 Å². The van der Waals surface area contributed by atoms with Crippen molar-refractivity contribution in [2.45, 2.75) is 10.8 Å². The van der Waals surface area contributed by atoms with Crippen molar-refractivity contribution in [3.05, 3.63) is 83.9 Å². The molecule has 4 rings (SSSR count). The van der Waals surface area contributed by atoms with E-state index in [4.69, 9.17) is 9.72 Å². The van der Waals surface area contributed by atoms with E-state index in [0.29, 0.717) is 5.56 Å². The van der Waals surface area contributed by atoms with Gasteiger partial charge < -0.3 is 4.74 Å². The van der Waals surface area contributed by atoms with Crippen LogP contribution in [0.5, 0.6) is 0 Å². The summed E-state index contributed by atoms with van der Waals surface area (Å²) in [6, 6.07) is 24.1. The lowest BCUT2D eigenvalue weighted by molar-refractivity contribution is 0.0600. The molecular formula is C22H17NO2S. The predicted octanol–water partition coefficient (Wildman–Crippen LogP) is 5.47. The zero-order valence-electron chi connectivity index (χ0n) is 14.3. The zero-order valence-corrected chi connectivity index (χ0v) is 15.1. The number of carbonyl (C=O) groups excluding carboxylic acids is 1. The Hall–Kier alpha value is -2.85. The lowest BCUT2D eigenvalue weighted by Crippen LogP contribution is -2.00. The number of fused-ring (bicyclic) bond motifs is 3. The maximum absolute atomic E-state index is 11.5. The fourth-order valence-electron chi connectivity index (χ4n) is 2.99. The minimum absolute atomic E-state index is 0.314. The Balaban J connectivity index is 1.65. The number of ether oxygens (including phenoxy) is 1. The number of thioether (sulfide) groups is 1. The molecule has 0 aliphatic carbocycles. The van der Waals surface area contributed by atoms with Crippen molar-refractivity contribution in [3.8, 4) is 0 Å². The monoisotopic (exact) mass is 359 g/mol. The molecule has 0 saturated heterocycles. The number of benzene rings is 3. The van der Waals surface area contributed by atoms with Crippen LogP contribution in [0.25, 0.3) is 21.7 Å². The molecule has 1 aromatic heterocycles. The second-order valence-corrected chi connectivity index (χ2v) is 6.92. The molecule has 0 saturated carbocycles. The lowest BCUT2D eigenvalue weighted by Gasteiger charge is -2.09. The number of nitrogens with zero attached hydrogens (tertiary/aromatic N) is 1. The summed E-state index contributed by atoms with van der Waals surface area (Å²) in [5.74, 6) is 0.475. The molecule has 4 heteroatoms. The Morgan fingerprint density at radius 1 is 0.885 bits per heavy atom. The van der Waals surface area contributed by atoms with Gasteiger partial charge in [-0.15, -0.1) is 11.8 Å². The number of pyridine rings is 1. The van der Waals surface area contributed by atoms with Gasteiger partial charge in [0.25, 0.3) is 0 Å². The molecule has 1 heterocycles. The molecule has 0 atom stereocenters. The Kier molecular flexibility index (Phi) is 4.59. The summed E-state index contributed by atoms with van der Waals surface area (Å²) in [7, 11) is 1.39. The Morgan fingerprint density at radius 3 is 2.27 bits per heavy atom. The van der Waals surface area contributed by atoms with E-state index >= 15 is 0 Å². The molecule has 0 spiro atoms. The van der Waals surface area contributed by atoms with Gasteiger partial charge in [-0.2, -0.15) is 0 Å². The molecular weight excluding hydrogens is 342 g/mol. The second kappa shape index (κ2) is 7.18. The number of esters is 1. The first-order valence-corrected chi connectivity index (χ1v) is 9.32. The van der Waals surface area contributed by atoms with Crippen LogP contribution >= 0.6 is 11.8 Å². The predicted molar refractivity (Wildman–Crippen MR) is 107 cm³/mol. The van der Waals surface area contributed by atoms with Crippen molar-refractivity contribution in [1.82, 2.24) is 4.98 Å². The first-order valence-electron chi connectivity index (χ1n) is 8.34. The minimum Gasteiger partial charge on any atom is -0.465 e. The molecule has 0 amide bonds. The molecule has 0 unspecified atom stereocenters. The van der Waals surface area contributed by atoms with E-state index in [9.17, 15) is 4.79 Å². The largest absolute Gasteiger partial charge is 0.465 e. The molecule has 3 nitrogen and oxygen atoms in total. The Labute approximate surface area is 156 Å². The topological polar surface area (TPSA) is 39.2 Å². The van der Waals surface area contributed by atoms with Crippen LogP contribution in [-0.2, 0) is 10.5 Å². The highest BCUT2D eigenvalue weighted by Gasteiger charge is 2.09. The van der Waals surface area contributed by atoms with E-state index in [2.05, 4.69) is 30.3 Å². The fourth-order valence-corrected chi connectivity index (χ4v) is 3.98. The molecule has 0 fully saturated rings. The van der Waals surface area contributed by atoms with Gasteiger partial charge >= 0.3 is 5.97 Å². The van der Waals surface area contributed by atoms with E-state index in [0.717, 1.165) is 21.9 Å². The number of rotatable bonds is 4. The number of hydrogen-bond acceptors (Lipinski definition) is 4. The Morgan fingerprint density at radius 2 is 1.54 bits per heavy atom. The summed E-state index contributed by atoms with van der Waals surface area (Å²) < 4.78 is 4.74. The first-order chi connectivity index (χ1) is 12.8. The smallest absolute Gasteiger partial charge is 0.337 e. The quantitative estimate of drug-likeness (QED) is 0.275. The number of aromatic nitrogens is 1. The van der Waals surface area contributed by atoms with Crippen molar-refractivity contribution < 1.29 is 9.53 Å². The summed E-state index contributed by atoms with van der Waals surface area (Å²) in [4.78, 5) is 16.4. The maximum Gasteiger partial charge on any atom is 0.337 e. The third-order valence-electron chi connectivity index (χ3n) is 4.32. The fraction of sp³-hybridized carbons (Fsp3) is 0.0909. The molecule has 0 N–H and O–H groups in total. The molecule has 4 aromatic rings. The minimum atomic E-state index is -0.314. The van der Waals surface area contributed by atoms with Gasteiger partial charge in [0.15, 0.2) is 0 Å². The molecule has 26 heavy (non-hydrogen) atoms. The average molecular weight is 359 g/mol. The van der Waals surface area contributed by atoms with Crippen LogP contribution in [0.1, 0.15) is 15.9 Å². The normalized spacial score (nSPS) is 11.0. The number of para-hydroxylation sites is 1. The van der Waals surface area contributed by atoms with E-state index in [1.165, 1.54) is 23.3 Å². The highest BCUT2D eigenvalue weighted by atomic mass is 32.2. The number of carbonyl (C=O) groups is 1. The van der Waals surface area contributed by atoms with Gasteiger partial charge in [-0.3, -0.25) is 0 Å². The van der Waals surface area contributed by atoms with Gasteiger partial charge in [-0.1, -0.05) is 54.6 Å². The second-order valence-electron chi connectivity index (χ2n) is 5.96. The van der Waals surface area contributed by atoms with E-state index in [1.807, 2.05) is 30.3 Å². The van der Waals surface area contributed by atoms with Gasteiger partial charge in [-0.05, 0) is 29.1 Å². The van der Waals surface area contributed by atoms with Crippen molar-refractivity contribution in [3.63, 3.8) is 0 Å². The van der Waals surface area contributed by atoms with Crippen LogP contribution in [0.15, 0.2) is 77.8 Å². The van der Waals surface area contributed by atoms with Crippen LogP contribution in [0.3, 0.4) is 0 Å². The van der Waals surface area contributed by atoms with Crippen molar-refractivity contribution in [1.29, 1.82) is 0 Å². The third kappa shape index (κ3) is 3.16. The van der Waals surface area contributed by atoms with Crippen LogP contribution in [0.2, 0.25) is 0 Å². The molecule has 0 radical (unpaired) electrons. The standard InChI is InChI=1S/C22H17NO2S/c1-25-22(24)16-12-10-15(11-13-16)14-26-21-19-8-3-2-6-17(19)18-7-4-5-9-20(18)23-21/h2-13H,14H2,1H3. The summed E-state index contributed by atoms with van der Waals surface area (Å²) in [6.07, 6.45) is 0. The van der Waals surface area contributed by atoms with Crippen molar-refractivity contribution in [2.24, 2.45) is 0 Å². The summed E-state index contributed by atoms with van der Waals surface area (Å²) in [6.45, 7) is 0. The van der Waals surface area contributed by atoms with Crippen LogP contribution in [0, 0.1) is 0 Å². The number of methoxy groups -OCH3 is 1. The highest BCUT2D eigenvalue weighted by Crippen LogP contribution is 2.33. The van der Waals surface area contributed by atoms with Crippen molar-refractivity contribution in [2.75, 3.05) is 7.11 Å². The van der Waals surface area contributed by atoms with Gasteiger partial charge in [-0.25, -0.2) is 9.78 Å². The van der Waals surface area contributed by atoms with Crippen molar-refractivity contribution >= 4 is 39.4 Å². The zero-order chi connectivity index (χ0) is 17.9. The summed E-state index contributed by atoms with van der Waals surface area (Å²) in [5, 5.41) is 4.59. The molecule has 128 valence electrons. The van der Waals surface area contributed by atoms with E-state index in [-0.39, 0.29) is 5.97 Å². The molecule has 0 aliphatic heterocycles. The molecule has 0 bridgehead atoms. The molecule has 3 aromatic carbocycles. The van der Waals surface area contributed by atoms with Crippen LogP contribution in [-0.4, -0.2) is 18.1 Å². The number of hydrogen-bond donors (Lipinski definition) is 0. The Bertz CT molecular complexity index is 1090. The molecule has 0 aliphatic rings. The van der Waals surface area contributed by atoms with Gasteiger partial charge in [0.1, 0.15) is 5.03 Å². The maximum atomic E-state index is 11.5. The van der Waals surface area contributed by atoms with E-state index < -0.39 is 0 Å². The van der Waals surface area contributed by atoms with Gasteiger partial charge in [0.05, 0.1) is 18.2 Å². The van der Waals surface area contributed by atoms with Gasteiger partial charge in [0.2, 0.25) is 0 Å². The highest BCUT2D eigenvalue weighted by molar-refractivity contribution is 7.98. The first kappa shape index (κ1) is 16.6. The average Bonchev–Trinajstić information content (AvgIpc) is 2.72. The summed E-state index contributed by atoms with van der Waals surface area (Å²) in [5.41, 5.74) is 2.71. The SMILES string of the molecule is COC(=O)c1ccc(CSc2nc3ccccc3c3ccccc23)cc1. The van der Waals surface area contributed by atoms with Crippen LogP contribution < -0.4 is 0 Å².